The lowest BCUT2D eigenvalue weighted by molar-refractivity contribution is -0.286. The second-order valence-corrected chi connectivity index (χ2v) is 12.9. The van der Waals surface area contributed by atoms with Crippen LogP contribution in [0.2, 0.25) is 0 Å². The predicted molar refractivity (Wildman–Crippen MR) is 136 cm³/mol. The summed E-state index contributed by atoms with van der Waals surface area (Å²) < 4.78 is 71.0. The van der Waals surface area contributed by atoms with E-state index in [0.717, 1.165) is 0 Å². The summed E-state index contributed by atoms with van der Waals surface area (Å²) in [6, 6.07) is 8.63. The van der Waals surface area contributed by atoms with E-state index in [1.165, 1.54) is 19.2 Å². The molecule has 3 aliphatic heterocycles. The van der Waals surface area contributed by atoms with Gasteiger partial charge < -0.3 is 29.6 Å². The van der Waals surface area contributed by atoms with Crippen LogP contribution in [0.5, 0.6) is 23.0 Å². The molecule has 0 unspecified atom stereocenters. The number of methoxy groups -OCH3 is 1. The van der Waals surface area contributed by atoms with Gasteiger partial charge in [-0.15, -0.1) is 8.78 Å². The Morgan fingerprint density at radius 3 is 2.40 bits per heavy atom. The smallest absolute Gasteiger partial charge is 0.497 e. The highest BCUT2D eigenvalue weighted by atomic mass is 32.2. The number of halogens is 2. The van der Waals surface area contributed by atoms with Gasteiger partial charge in [0.1, 0.15) is 21.3 Å². The van der Waals surface area contributed by atoms with Gasteiger partial charge in [-0.3, -0.25) is 9.59 Å². The van der Waals surface area contributed by atoms with Gasteiger partial charge in [-0.2, -0.15) is 0 Å². The minimum absolute atomic E-state index is 0.0156. The number of sulfone groups is 1. The van der Waals surface area contributed by atoms with Gasteiger partial charge in [0.2, 0.25) is 5.91 Å². The molecule has 3 heterocycles. The summed E-state index contributed by atoms with van der Waals surface area (Å²) in [5.74, 6) is 0.0108. The first-order valence-electron chi connectivity index (χ1n) is 13.0. The number of rotatable bonds is 6. The van der Waals surface area contributed by atoms with Crippen molar-refractivity contribution in [3.8, 4) is 23.0 Å². The summed E-state index contributed by atoms with van der Waals surface area (Å²) >= 11 is 0. The monoisotopic (exact) mass is 578 g/mol. The van der Waals surface area contributed by atoms with Crippen LogP contribution in [0.15, 0.2) is 36.4 Å². The quantitative estimate of drug-likeness (QED) is 0.536. The molecule has 13 heteroatoms. The van der Waals surface area contributed by atoms with Gasteiger partial charge in [0, 0.05) is 24.1 Å². The van der Waals surface area contributed by atoms with Crippen LogP contribution in [0.1, 0.15) is 49.3 Å². The molecule has 1 saturated carbocycles. The lowest BCUT2D eigenvalue weighted by atomic mass is 9.91. The molecule has 0 aromatic heterocycles. The molecule has 40 heavy (non-hydrogen) atoms. The number of ether oxygens (including phenoxy) is 4. The van der Waals surface area contributed by atoms with Crippen molar-refractivity contribution in [2.75, 3.05) is 18.6 Å². The van der Waals surface area contributed by atoms with E-state index in [9.17, 15) is 26.8 Å². The van der Waals surface area contributed by atoms with Crippen molar-refractivity contribution in [1.82, 2.24) is 10.6 Å². The molecule has 1 saturated heterocycles. The van der Waals surface area contributed by atoms with Gasteiger partial charge in [0.05, 0.1) is 30.1 Å². The van der Waals surface area contributed by atoms with Crippen LogP contribution < -0.4 is 29.6 Å². The first-order valence-corrected chi connectivity index (χ1v) is 14.9. The van der Waals surface area contributed by atoms with Crippen molar-refractivity contribution in [2.24, 2.45) is 0 Å². The van der Waals surface area contributed by atoms with Gasteiger partial charge >= 0.3 is 6.29 Å². The zero-order valence-electron chi connectivity index (χ0n) is 21.6. The van der Waals surface area contributed by atoms with E-state index in [4.69, 9.17) is 9.47 Å². The second-order valence-electron chi connectivity index (χ2n) is 10.6. The number of carbonyl (C=O) groups excluding carboxylic acids is 2. The number of hydrogen-bond acceptors (Lipinski definition) is 8. The van der Waals surface area contributed by atoms with Crippen molar-refractivity contribution in [2.45, 2.75) is 62.0 Å². The highest BCUT2D eigenvalue weighted by Crippen LogP contribution is 2.52. The topological polar surface area (TPSA) is 129 Å². The number of nitrogens with one attached hydrogen (secondary N) is 2. The van der Waals surface area contributed by atoms with Crippen molar-refractivity contribution < 1.29 is 45.7 Å². The molecule has 214 valence electrons. The minimum atomic E-state index is -3.76. The van der Waals surface area contributed by atoms with Crippen LogP contribution in [0.3, 0.4) is 0 Å². The normalized spacial score (nSPS) is 25.2. The Hall–Kier alpha value is -3.61. The average molecular weight is 579 g/mol. The molecule has 0 bridgehead atoms. The minimum Gasteiger partial charge on any atom is -0.497 e. The average Bonchev–Trinajstić information content (AvgIpc) is 3.66. The summed E-state index contributed by atoms with van der Waals surface area (Å²) in [5.41, 5.74) is 0.281. The third-order valence-corrected chi connectivity index (χ3v) is 9.67. The van der Waals surface area contributed by atoms with Gasteiger partial charge in [-0.25, -0.2) is 8.42 Å². The van der Waals surface area contributed by atoms with Crippen molar-refractivity contribution >= 4 is 21.7 Å². The number of benzene rings is 2. The lowest BCUT2D eigenvalue weighted by Gasteiger charge is -2.34. The molecule has 2 atom stereocenters. The third kappa shape index (κ3) is 5.02. The highest BCUT2D eigenvalue weighted by molar-refractivity contribution is 7.91. The molecule has 0 spiro atoms. The Balaban J connectivity index is 1.21. The lowest BCUT2D eigenvalue weighted by Crippen LogP contribution is -2.49. The van der Waals surface area contributed by atoms with Crippen LogP contribution in [-0.4, -0.2) is 57.3 Å². The first-order chi connectivity index (χ1) is 19.0. The van der Waals surface area contributed by atoms with Crippen LogP contribution >= 0.6 is 0 Å². The first kappa shape index (κ1) is 26.6. The number of carbonyl (C=O) groups is 2. The standard InChI is InChI=1S/C27H28F2N2O8S/c1-36-17-3-4-18-19(14-23(37-21(18)13-17)24(32)30-16-6-10-40(34,35)11-7-16)31-25(33)26(8-9-26)15-2-5-20-22(12-15)39-27(28,29)38-20/h2-5,12-13,16,19,23H,6-11,14H2,1H3,(H,30,32)(H,31,33)/t19-,23+/m0/s1. The molecular formula is C27H28F2N2O8S. The Morgan fingerprint density at radius 1 is 0.975 bits per heavy atom. The number of hydrogen-bond donors (Lipinski definition) is 2. The van der Waals surface area contributed by atoms with Gasteiger partial charge in [-0.05, 0) is 55.5 Å². The Morgan fingerprint density at radius 2 is 1.70 bits per heavy atom. The van der Waals surface area contributed by atoms with Crippen LogP contribution in [0, 0.1) is 0 Å². The van der Waals surface area contributed by atoms with Gasteiger partial charge in [0.25, 0.3) is 5.91 Å². The van der Waals surface area contributed by atoms with E-state index >= 15 is 0 Å². The van der Waals surface area contributed by atoms with Crippen molar-refractivity contribution in [3.63, 3.8) is 0 Å². The maximum absolute atomic E-state index is 13.7. The Bertz CT molecular complexity index is 1460. The summed E-state index contributed by atoms with van der Waals surface area (Å²) in [6.45, 7) is 0. The summed E-state index contributed by atoms with van der Waals surface area (Å²) in [7, 11) is -1.58. The fourth-order valence-electron chi connectivity index (χ4n) is 5.51. The van der Waals surface area contributed by atoms with E-state index < -0.39 is 39.6 Å². The zero-order valence-corrected chi connectivity index (χ0v) is 22.4. The van der Waals surface area contributed by atoms with E-state index in [2.05, 4.69) is 20.1 Å². The maximum atomic E-state index is 13.7. The molecule has 2 N–H and O–H groups in total. The second kappa shape index (κ2) is 9.50. The molecule has 1 aliphatic carbocycles. The van der Waals surface area contributed by atoms with E-state index in [-0.39, 0.29) is 41.4 Å². The Kier molecular flexibility index (Phi) is 6.32. The Labute approximate surface area is 229 Å². The van der Waals surface area contributed by atoms with Crippen molar-refractivity contribution in [1.29, 1.82) is 0 Å². The molecule has 2 aromatic rings. The third-order valence-electron chi connectivity index (χ3n) is 7.95. The fourth-order valence-corrected chi connectivity index (χ4v) is 7.01. The van der Waals surface area contributed by atoms with Gasteiger partial charge in [0.15, 0.2) is 17.6 Å². The summed E-state index contributed by atoms with van der Waals surface area (Å²) in [6.07, 6.45) is -2.86. The molecule has 4 aliphatic rings. The molecule has 2 amide bonds. The molecule has 10 nitrogen and oxygen atoms in total. The van der Waals surface area contributed by atoms with Crippen LogP contribution in [0.4, 0.5) is 8.78 Å². The number of alkyl halides is 2. The SMILES string of the molecule is COc1ccc2c(c1)O[C@@H](C(=O)NC1CCS(=O)(=O)CC1)C[C@@H]2NC(=O)C1(c2ccc3c(c2)OC(F)(F)O3)CC1. The molecule has 2 fully saturated rings. The van der Waals surface area contributed by atoms with Crippen molar-refractivity contribution in [3.05, 3.63) is 47.5 Å². The van der Waals surface area contributed by atoms with Crippen LogP contribution in [0.25, 0.3) is 0 Å². The van der Waals surface area contributed by atoms with Gasteiger partial charge in [-0.1, -0.05) is 6.07 Å². The molecule has 2 aromatic carbocycles. The number of fused-ring (bicyclic) bond motifs is 2. The molecular weight excluding hydrogens is 550 g/mol. The fraction of sp³-hybridized carbons (Fsp3) is 0.481. The predicted octanol–water partition coefficient (Wildman–Crippen LogP) is 2.75. The molecule has 0 radical (unpaired) electrons. The zero-order chi connectivity index (χ0) is 28.3. The van der Waals surface area contributed by atoms with E-state index in [1.54, 1.807) is 24.3 Å². The summed E-state index contributed by atoms with van der Waals surface area (Å²) in [5, 5.41) is 5.96. The van der Waals surface area contributed by atoms with Crippen LogP contribution in [-0.2, 0) is 24.8 Å². The molecule has 6 rings (SSSR count). The number of amides is 2. The maximum Gasteiger partial charge on any atom is 0.586 e. The highest BCUT2D eigenvalue weighted by Gasteiger charge is 2.53. The van der Waals surface area contributed by atoms with E-state index in [0.29, 0.717) is 48.3 Å². The van der Waals surface area contributed by atoms with E-state index in [1.807, 2.05) is 0 Å². The largest absolute Gasteiger partial charge is 0.586 e. The summed E-state index contributed by atoms with van der Waals surface area (Å²) in [4.78, 5) is 26.9.